The summed E-state index contributed by atoms with van der Waals surface area (Å²) in [6, 6.07) is 1.86. The Bertz CT molecular complexity index is 490. The zero-order valence-corrected chi connectivity index (χ0v) is 8.14. The van der Waals surface area contributed by atoms with E-state index in [9.17, 15) is 18.0 Å². The molecular weight excluding hydrogens is 241 g/mol. The predicted octanol–water partition coefficient (Wildman–Crippen LogP) is 1.63. The zero-order valence-electron chi connectivity index (χ0n) is 8.14. The minimum Gasteiger partial charge on any atom is -0.451 e. The number of ether oxygens (including phenoxy) is 1. The Morgan fingerprint density at radius 3 is 2.71 bits per heavy atom. The summed E-state index contributed by atoms with van der Waals surface area (Å²) in [6.45, 7) is 0. The van der Waals surface area contributed by atoms with Crippen LogP contribution in [0.1, 0.15) is 11.5 Å². The number of nitrogens with zero attached hydrogens (tertiary/aromatic N) is 2. The molecule has 1 aromatic heterocycles. The highest BCUT2D eigenvalue weighted by atomic mass is 19.4. The van der Waals surface area contributed by atoms with Gasteiger partial charge in [-0.1, -0.05) is 0 Å². The topological polar surface area (TPSA) is 64.2 Å². The van der Waals surface area contributed by atoms with E-state index in [0.717, 1.165) is 24.7 Å². The molecule has 0 aliphatic carbocycles. The predicted molar refractivity (Wildman–Crippen MR) is 49.7 cm³/mol. The summed E-state index contributed by atoms with van der Waals surface area (Å²) in [5.74, 6) is -1.88. The molecule has 1 aromatic rings. The molecule has 0 saturated heterocycles. The van der Waals surface area contributed by atoms with Crippen LogP contribution in [0.2, 0.25) is 0 Å². The maximum Gasteiger partial charge on any atom is 0.449 e. The Morgan fingerprint density at radius 2 is 2.18 bits per heavy atom. The van der Waals surface area contributed by atoms with E-state index in [0.29, 0.717) is 0 Å². The normalized spacial score (nSPS) is 20.2. The van der Waals surface area contributed by atoms with Crippen LogP contribution in [0.3, 0.4) is 0 Å². The lowest BCUT2D eigenvalue weighted by Gasteiger charge is -2.00. The van der Waals surface area contributed by atoms with E-state index < -0.39 is 24.1 Å². The van der Waals surface area contributed by atoms with E-state index in [4.69, 9.17) is 0 Å². The Kier molecular flexibility index (Phi) is 2.70. The van der Waals surface area contributed by atoms with Gasteiger partial charge in [-0.2, -0.15) is 18.2 Å². The van der Waals surface area contributed by atoms with E-state index in [1.165, 1.54) is 0 Å². The fraction of sp³-hybridized carbons (Fsp3) is 0.222. The summed E-state index contributed by atoms with van der Waals surface area (Å²) < 4.78 is 45.6. The van der Waals surface area contributed by atoms with Gasteiger partial charge in [0.15, 0.2) is 6.40 Å². The van der Waals surface area contributed by atoms with Crippen LogP contribution < -0.4 is 0 Å². The third-order valence-corrected chi connectivity index (χ3v) is 1.82. The molecule has 1 aliphatic rings. The van der Waals surface area contributed by atoms with Gasteiger partial charge in [0.05, 0.1) is 6.21 Å². The van der Waals surface area contributed by atoms with E-state index in [1.54, 1.807) is 0 Å². The highest BCUT2D eigenvalue weighted by Gasteiger charge is 2.34. The second-order valence-electron chi connectivity index (χ2n) is 3.04. The van der Waals surface area contributed by atoms with E-state index in [2.05, 4.69) is 19.1 Å². The minimum absolute atomic E-state index is 0.124. The quantitative estimate of drug-likeness (QED) is 0.745. The maximum atomic E-state index is 12.2. The van der Waals surface area contributed by atoms with Gasteiger partial charge in [0.1, 0.15) is 5.76 Å². The first-order chi connectivity index (χ1) is 7.97. The number of aliphatic imine (C=N–C) groups is 2. The molecule has 0 aromatic carbocycles. The van der Waals surface area contributed by atoms with Crippen molar-refractivity contribution in [3.8, 4) is 0 Å². The molecule has 1 amide bonds. The molecule has 1 aliphatic heterocycles. The fourth-order valence-electron chi connectivity index (χ4n) is 1.08. The van der Waals surface area contributed by atoms with Gasteiger partial charge in [0, 0.05) is 0 Å². The second-order valence-corrected chi connectivity index (χ2v) is 3.04. The highest BCUT2D eigenvalue weighted by Crippen LogP contribution is 2.30. The number of halogens is 3. The standard InChI is InChI=1S/C9H5F3N2O3/c10-9(11,12)6-2-1-5(17-6)3-13-8-7(15)14-4-16-8/h1-4,8H. The van der Waals surface area contributed by atoms with Gasteiger partial charge in [0.25, 0.3) is 6.23 Å². The summed E-state index contributed by atoms with van der Waals surface area (Å²) in [5, 5.41) is 0. The van der Waals surface area contributed by atoms with Crippen molar-refractivity contribution in [2.24, 2.45) is 9.98 Å². The van der Waals surface area contributed by atoms with Crippen LogP contribution in [-0.4, -0.2) is 24.8 Å². The van der Waals surface area contributed by atoms with Crippen LogP contribution in [0.4, 0.5) is 13.2 Å². The van der Waals surface area contributed by atoms with Crippen molar-refractivity contribution < 1.29 is 27.1 Å². The first kappa shape index (κ1) is 11.4. The van der Waals surface area contributed by atoms with Crippen LogP contribution in [0, 0.1) is 0 Å². The molecule has 0 spiro atoms. The van der Waals surface area contributed by atoms with E-state index >= 15 is 0 Å². The van der Waals surface area contributed by atoms with Crippen molar-refractivity contribution >= 4 is 18.5 Å². The van der Waals surface area contributed by atoms with Gasteiger partial charge in [-0.05, 0) is 12.1 Å². The van der Waals surface area contributed by atoms with Gasteiger partial charge in [-0.3, -0.25) is 4.79 Å². The average Bonchev–Trinajstić information content (AvgIpc) is 2.82. The first-order valence-corrected chi connectivity index (χ1v) is 4.39. The Morgan fingerprint density at radius 1 is 1.41 bits per heavy atom. The maximum absolute atomic E-state index is 12.2. The van der Waals surface area contributed by atoms with Gasteiger partial charge >= 0.3 is 12.1 Å². The lowest BCUT2D eigenvalue weighted by Crippen LogP contribution is -2.12. The summed E-state index contributed by atoms with van der Waals surface area (Å²) in [4.78, 5) is 17.8. The van der Waals surface area contributed by atoms with Gasteiger partial charge in [0.2, 0.25) is 5.76 Å². The fourth-order valence-corrected chi connectivity index (χ4v) is 1.08. The largest absolute Gasteiger partial charge is 0.451 e. The number of carbonyl (C=O) groups excluding carboxylic acids is 1. The van der Waals surface area contributed by atoms with Crippen LogP contribution in [0.5, 0.6) is 0 Å². The molecule has 90 valence electrons. The molecule has 0 fully saturated rings. The summed E-state index contributed by atoms with van der Waals surface area (Å²) in [7, 11) is 0. The van der Waals surface area contributed by atoms with Crippen LogP contribution in [-0.2, 0) is 15.7 Å². The van der Waals surface area contributed by atoms with Crippen LogP contribution in [0.25, 0.3) is 0 Å². The molecule has 0 radical (unpaired) electrons. The number of alkyl halides is 3. The second kappa shape index (κ2) is 4.04. The van der Waals surface area contributed by atoms with Crippen LogP contribution in [0.15, 0.2) is 26.5 Å². The molecule has 0 saturated carbocycles. The SMILES string of the molecule is O=C1N=COC1N=Cc1ccc(C(F)(F)F)o1. The first-order valence-electron chi connectivity index (χ1n) is 4.39. The van der Waals surface area contributed by atoms with E-state index in [-0.39, 0.29) is 5.76 Å². The van der Waals surface area contributed by atoms with Crippen molar-refractivity contribution in [2.75, 3.05) is 0 Å². The molecule has 8 heteroatoms. The Balaban J connectivity index is 2.07. The molecule has 2 heterocycles. The summed E-state index contributed by atoms with van der Waals surface area (Å²) in [5.41, 5.74) is 0. The highest BCUT2D eigenvalue weighted by molar-refractivity contribution is 5.92. The average molecular weight is 246 g/mol. The van der Waals surface area contributed by atoms with Gasteiger partial charge < -0.3 is 9.15 Å². The number of furan rings is 1. The minimum atomic E-state index is -4.55. The number of carbonyl (C=O) groups is 1. The van der Waals surface area contributed by atoms with Crippen molar-refractivity contribution in [3.05, 3.63) is 23.7 Å². The Labute approximate surface area is 92.6 Å². The summed E-state index contributed by atoms with van der Waals surface area (Å²) in [6.07, 6.45) is -3.79. The molecule has 5 nitrogen and oxygen atoms in total. The number of amides is 1. The van der Waals surface area contributed by atoms with Crippen LogP contribution >= 0.6 is 0 Å². The smallest absolute Gasteiger partial charge is 0.449 e. The third-order valence-electron chi connectivity index (χ3n) is 1.82. The molecule has 2 rings (SSSR count). The number of hydrogen-bond donors (Lipinski definition) is 0. The lowest BCUT2D eigenvalue weighted by molar-refractivity contribution is -0.153. The van der Waals surface area contributed by atoms with E-state index in [1.807, 2.05) is 0 Å². The van der Waals surface area contributed by atoms with Crippen molar-refractivity contribution in [1.82, 2.24) is 0 Å². The van der Waals surface area contributed by atoms with Crippen molar-refractivity contribution in [2.45, 2.75) is 12.4 Å². The Hall–Kier alpha value is -2.12. The van der Waals surface area contributed by atoms with Crippen molar-refractivity contribution in [1.29, 1.82) is 0 Å². The zero-order chi connectivity index (χ0) is 12.5. The van der Waals surface area contributed by atoms with Crippen molar-refractivity contribution in [3.63, 3.8) is 0 Å². The molecule has 1 unspecified atom stereocenters. The lowest BCUT2D eigenvalue weighted by atomic mass is 10.4. The molecule has 17 heavy (non-hydrogen) atoms. The number of hydrogen-bond acceptors (Lipinski definition) is 4. The summed E-state index contributed by atoms with van der Waals surface area (Å²) >= 11 is 0. The van der Waals surface area contributed by atoms with Gasteiger partial charge in [-0.25, -0.2) is 4.99 Å². The number of rotatable bonds is 2. The third kappa shape index (κ3) is 2.52. The monoisotopic (exact) mass is 246 g/mol. The molecule has 0 bridgehead atoms. The van der Waals surface area contributed by atoms with Gasteiger partial charge in [-0.15, -0.1) is 0 Å². The molecular formula is C9H5F3N2O3. The molecule has 1 atom stereocenters. The molecule has 0 N–H and O–H groups in total.